The molecule has 5 aromatic rings. The van der Waals surface area contributed by atoms with Gasteiger partial charge in [0.2, 0.25) is 20.6 Å². The fourth-order valence-corrected chi connectivity index (χ4v) is 6.60. The average Bonchev–Trinajstić information content (AvgIpc) is 3.45. The summed E-state index contributed by atoms with van der Waals surface area (Å²) in [7, 11) is -0.970. The lowest BCUT2D eigenvalue weighted by Gasteiger charge is -2.21. The Hall–Kier alpha value is -4.34. The summed E-state index contributed by atoms with van der Waals surface area (Å²) in [6.45, 7) is 0.612. The highest BCUT2D eigenvalue weighted by Gasteiger charge is 2.26. The molecule has 1 amide bonds. The summed E-state index contributed by atoms with van der Waals surface area (Å²) < 4.78 is 57.9. The third-order valence-corrected chi connectivity index (χ3v) is 9.47. The van der Waals surface area contributed by atoms with E-state index in [0.717, 1.165) is 16.3 Å². The summed E-state index contributed by atoms with van der Waals surface area (Å²) in [6, 6.07) is 16.1. The summed E-state index contributed by atoms with van der Waals surface area (Å²) in [5.74, 6) is -1.13. The smallest absolute Gasteiger partial charge is 0.280 e. The number of fused-ring (bicyclic) bond motifs is 2. The Morgan fingerprint density at radius 3 is 2.45 bits per heavy atom. The number of para-hydroxylation sites is 1. The Morgan fingerprint density at radius 1 is 1.05 bits per heavy atom. The predicted molar refractivity (Wildman–Crippen MR) is 165 cm³/mol. The van der Waals surface area contributed by atoms with E-state index in [1.807, 2.05) is 0 Å². The second-order valence-electron chi connectivity index (χ2n) is 9.40. The Morgan fingerprint density at radius 2 is 1.75 bits per heavy atom. The average molecular weight is 639 g/mol. The van der Waals surface area contributed by atoms with Crippen LogP contribution < -0.4 is 10.4 Å². The predicted octanol–water partition coefficient (Wildman–Crippen LogP) is 4.51. The highest BCUT2D eigenvalue weighted by molar-refractivity contribution is 7.89. The van der Waals surface area contributed by atoms with Gasteiger partial charge < -0.3 is 13.9 Å². The van der Waals surface area contributed by atoms with Gasteiger partial charge in [-0.25, -0.2) is 17.8 Å². The number of ether oxygens (including phenoxy) is 2. The van der Waals surface area contributed by atoms with E-state index in [0.29, 0.717) is 21.2 Å². The summed E-state index contributed by atoms with van der Waals surface area (Å²) in [5, 5.41) is 5.72. The normalized spacial score (nSPS) is 12.1. The van der Waals surface area contributed by atoms with Crippen molar-refractivity contribution in [2.45, 2.75) is 4.90 Å². The number of hydrazone groups is 1. The zero-order chi connectivity index (χ0) is 31.3. The first-order valence-corrected chi connectivity index (χ1v) is 15.5. The minimum Gasteiger partial charge on any atom is -0.463 e. The lowest BCUT2D eigenvalue weighted by Crippen LogP contribution is -2.36. The fourth-order valence-electron chi connectivity index (χ4n) is 4.25. The van der Waals surface area contributed by atoms with Crippen molar-refractivity contribution < 1.29 is 31.5 Å². The maximum Gasteiger partial charge on any atom is 0.280 e. The summed E-state index contributed by atoms with van der Waals surface area (Å²) in [4.78, 5) is 31.2. The molecule has 0 unspecified atom stereocenters. The number of carbonyl (C=O) groups excluding carboxylic acids is 1. The molecule has 0 N–H and O–H groups in total. The number of rotatable bonds is 12. The van der Waals surface area contributed by atoms with Crippen molar-refractivity contribution in [2.24, 2.45) is 5.10 Å². The van der Waals surface area contributed by atoms with Crippen molar-refractivity contribution >= 4 is 59.8 Å². The van der Waals surface area contributed by atoms with Crippen LogP contribution in [0.3, 0.4) is 0 Å². The molecule has 228 valence electrons. The maximum absolute atomic E-state index is 13.9. The van der Waals surface area contributed by atoms with Gasteiger partial charge in [0.1, 0.15) is 17.7 Å². The van der Waals surface area contributed by atoms with Crippen molar-refractivity contribution in [3.63, 3.8) is 0 Å². The molecule has 0 bridgehead atoms. The molecule has 0 atom stereocenters. The number of anilines is 1. The number of nitrogens with zero attached hydrogens (tertiary/aromatic N) is 4. The van der Waals surface area contributed by atoms with E-state index in [9.17, 15) is 22.4 Å². The molecule has 14 heteroatoms. The number of sulfonamides is 1. The number of aromatic nitrogens is 1. The van der Waals surface area contributed by atoms with Crippen LogP contribution in [0.4, 0.5) is 9.52 Å². The molecule has 0 aliphatic heterocycles. The number of halogens is 1. The minimum atomic E-state index is -3.92. The molecule has 3 aromatic carbocycles. The third-order valence-electron chi connectivity index (χ3n) is 6.56. The number of amides is 1. The van der Waals surface area contributed by atoms with Gasteiger partial charge in [0, 0.05) is 32.9 Å². The van der Waals surface area contributed by atoms with E-state index in [1.54, 1.807) is 24.3 Å². The summed E-state index contributed by atoms with van der Waals surface area (Å²) in [5.41, 5.74) is 0.669. The van der Waals surface area contributed by atoms with Crippen molar-refractivity contribution in [1.29, 1.82) is 0 Å². The summed E-state index contributed by atoms with van der Waals surface area (Å²) >= 11 is 1.02. The first-order chi connectivity index (χ1) is 21.2. The van der Waals surface area contributed by atoms with E-state index in [1.165, 1.54) is 73.5 Å². The number of thiazole rings is 1. The highest BCUT2D eigenvalue weighted by Crippen LogP contribution is 2.31. The van der Waals surface area contributed by atoms with Crippen LogP contribution in [0.2, 0.25) is 0 Å². The zero-order valence-electron chi connectivity index (χ0n) is 23.7. The van der Waals surface area contributed by atoms with E-state index in [-0.39, 0.29) is 52.9 Å². The van der Waals surface area contributed by atoms with Gasteiger partial charge in [0.25, 0.3) is 5.91 Å². The van der Waals surface area contributed by atoms with E-state index < -0.39 is 21.7 Å². The van der Waals surface area contributed by atoms with Gasteiger partial charge in [-0.1, -0.05) is 23.5 Å². The van der Waals surface area contributed by atoms with Crippen molar-refractivity contribution in [3.05, 3.63) is 100 Å². The van der Waals surface area contributed by atoms with E-state index in [4.69, 9.17) is 13.9 Å². The largest absolute Gasteiger partial charge is 0.463 e. The lowest BCUT2D eigenvalue weighted by atomic mass is 10.2. The molecular formula is C30H27FN4O7S2. The second-order valence-corrected chi connectivity index (χ2v) is 12.3. The van der Waals surface area contributed by atoms with Gasteiger partial charge in [0.05, 0.1) is 45.5 Å². The number of benzene rings is 3. The van der Waals surface area contributed by atoms with Gasteiger partial charge >= 0.3 is 0 Å². The van der Waals surface area contributed by atoms with Crippen LogP contribution >= 0.6 is 11.3 Å². The van der Waals surface area contributed by atoms with Crippen LogP contribution in [0.1, 0.15) is 15.9 Å². The minimum absolute atomic E-state index is 0.0273. The molecule has 11 nitrogen and oxygen atoms in total. The van der Waals surface area contributed by atoms with Gasteiger partial charge in [0.15, 0.2) is 0 Å². The molecule has 0 spiro atoms. The van der Waals surface area contributed by atoms with Gasteiger partial charge in [-0.3, -0.25) is 9.59 Å². The first kappa shape index (κ1) is 31.1. The Labute approximate surface area is 255 Å². The highest BCUT2D eigenvalue weighted by atomic mass is 32.2. The van der Waals surface area contributed by atoms with Gasteiger partial charge in [-0.05, 0) is 54.6 Å². The van der Waals surface area contributed by atoms with Gasteiger partial charge in [-0.2, -0.15) is 14.4 Å². The van der Waals surface area contributed by atoms with Crippen LogP contribution in [0.5, 0.6) is 0 Å². The lowest BCUT2D eigenvalue weighted by molar-refractivity contribution is 0.0987. The van der Waals surface area contributed by atoms with Crippen LogP contribution in [-0.4, -0.2) is 70.4 Å². The topological polar surface area (TPSA) is 132 Å². The third kappa shape index (κ3) is 6.59. The molecule has 0 aliphatic rings. The molecule has 44 heavy (non-hydrogen) atoms. The molecular weight excluding hydrogens is 611 g/mol. The molecule has 2 heterocycles. The quantitative estimate of drug-likeness (QED) is 0.144. The van der Waals surface area contributed by atoms with E-state index >= 15 is 0 Å². The molecule has 2 aromatic heterocycles. The van der Waals surface area contributed by atoms with Crippen molar-refractivity contribution in [1.82, 2.24) is 9.29 Å². The van der Waals surface area contributed by atoms with Crippen molar-refractivity contribution in [3.8, 4) is 0 Å². The second kappa shape index (κ2) is 13.5. The number of hydrogen-bond donors (Lipinski definition) is 0. The maximum atomic E-state index is 13.9. The number of methoxy groups -OCH3 is 2. The molecule has 0 saturated heterocycles. The SMILES string of the molecule is COCCN(CCOC)S(=O)(=O)c1ccc(C(=O)N(/N=C/c2coc3ccccc3c2=O)c2nc3ccc(F)cc3s2)cc1. The Kier molecular flexibility index (Phi) is 9.56. The number of hydrogen-bond acceptors (Lipinski definition) is 10. The van der Waals surface area contributed by atoms with Gasteiger partial charge in [-0.15, -0.1) is 0 Å². The van der Waals surface area contributed by atoms with Crippen LogP contribution in [0.25, 0.3) is 21.2 Å². The van der Waals surface area contributed by atoms with Crippen LogP contribution in [0, 0.1) is 5.82 Å². The fraction of sp³-hybridized carbons (Fsp3) is 0.200. The van der Waals surface area contributed by atoms with Crippen molar-refractivity contribution in [2.75, 3.05) is 45.5 Å². The Bertz CT molecular complexity index is 1980. The summed E-state index contributed by atoms with van der Waals surface area (Å²) in [6.07, 6.45) is 2.42. The van der Waals surface area contributed by atoms with Crippen LogP contribution in [-0.2, 0) is 19.5 Å². The van der Waals surface area contributed by atoms with Crippen LogP contribution in [0.15, 0.2) is 92.2 Å². The van der Waals surface area contributed by atoms with E-state index in [2.05, 4.69) is 10.1 Å². The molecule has 0 radical (unpaired) electrons. The molecule has 0 saturated carbocycles. The molecule has 0 aliphatic carbocycles. The monoisotopic (exact) mass is 638 g/mol. The molecule has 5 rings (SSSR count). The first-order valence-electron chi connectivity index (χ1n) is 13.3. The number of carbonyl (C=O) groups is 1. The zero-order valence-corrected chi connectivity index (χ0v) is 25.3. The standard InChI is InChI=1S/C30H27FN4O7S2/c1-40-15-13-34(14-16-41-2)44(38,39)23-10-7-20(8-11-23)29(37)35(30-33-25-12-9-22(31)17-27(25)43-30)32-18-21-19-42-26-6-4-3-5-24(26)28(21)36/h3-12,17-19H,13-16H2,1-2H3/b32-18+. The molecule has 0 fully saturated rings. The Balaban J connectivity index is 1.50.